The predicted octanol–water partition coefficient (Wildman–Crippen LogP) is -0.361. The van der Waals surface area contributed by atoms with Crippen LogP contribution in [0, 0.1) is 5.92 Å². The van der Waals surface area contributed by atoms with Gasteiger partial charge in [0.05, 0.1) is 17.8 Å². The molecule has 8 heteroatoms. The molecule has 0 radical (unpaired) electrons. The summed E-state index contributed by atoms with van der Waals surface area (Å²) < 4.78 is 32.5. The zero-order valence-electron chi connectivity index (χ0n) is 13.6. The smallest absolute Gasteiger partial charge is 0.227 e. The van der Waals surface area contributed by atoms with E-state index in [0.29, 0.717) is 26.1 Å². The highest BCUT2D eigenvalue weighted by atomic mass is 32.2. The fourth-order valence-electron chi connectivity index (χ4n) is 3.68. The lowest BCUT2D eigenvalue weighted by Gasteiger charge is -2.37. The number of carbonyl (C=O) groups excluding carboxylic acids is 1. The molecular formula is C15H27N3O4S. The summed E-state index contributed by atoms with van der Waals surface area (Å²) in [6.45, 7) is 4.88. The summed E-state index contributed by atoms with van der Waals surface area (Å²) >= 11 is 0. The van der Waals surface area contributed by atoms with Crippen LogP contribution in [0.1, 0.15) is 25.7 Å². The number of carbonyl (C=O) groups is 1. The van der Waals surface area contributed by atoms with Crippen molar-refractivity contribution in [3.63, 3.8) is 0 Å². The normalized spacial score (nSPS) is 31.0. The highest BCUT2D eigenvalue weighted by Crippen LogP contribution is 2.26. The van der Waals surface area contributed by atoms with Gasteiger partial charge in [0, 0.05) is 45.9 Å². The van der Waals surface area contributed by atoms with Crippen molar-refractivity contribution in [3.8, 4) is 0 Å². The number of piperidine rings is 1. The number of ether oxygens (including phenoxy) is 1. The zero-order valence-corrected chi connectivity index (χ0v) is 14.4. The molecule has 0 aliphatic carbocycles. The van der Waals surface area contributed by atoms with Gasteiger partial charge in [-0.2, -0.15) is 0 Å². The van der Waals surface area contributed by atoms with Crippen molar-refractivity contribution in [2.75, 3.05) is 52.5 Å². The first-order valence-electron chi connectivity index (χ1n) is 8.65. The number of hydrogen-bond acceptors (Lipinski definition) is 5. The Morgan fingerprint density at radius 3 is 2.57 bits per heavy atom. The third kappa shape index (κ3) is 3.87. The van der Waals surface area contributed by atoms with E-state index in [1.807, 2.05) is 4.90 Å². The summed E-state index contributed by atoms with van der Waals surface area (Å²) in [4.78, 5) is 14.5. The number of nitrogens with zero attached hydrogens (tertiary/aromatic N) is 2. The first kappa shape index (κ1) is 17.1. The lowest BCUT2D eigenvalue weighted by Crippen LogP contribution is -2.53. The minimum absolute atomic E-state index is 0.117. The highest BCUT2D eigenvalue weighted by molar-refractivity contribution is 7.89. The molecule has 0 bridgehead atoms. The Morgan fingerprint density at radius 2 is 1.87 bits per heavy atom. The van der Waals surface area contributed by atoms with Gasteiger partial charge in [-0.3, -0.25) is 4.79 Å². The van der Waals surface area contributed by atoms with Crippen LogP contribution in [-0.4, -0.2) is 81.3 Å². The van der Waals surface area contributed by atoms with Crippen LogP contribution in [0.4, 0.5) is 0 Å². The lowest BCUT2D eigenvalue weighted by molar-refractivity contribution is -0.137. The van der Waals surface area contributed by atoms with Crippen LogP contribution in [0.25, 0.3) is 0 Å². The monoisotopic (exact) mass is 345 g/mol. The van der Waals surface area contributed by atoms with E-state index in [4.69, 9.17) is 4.74 Å². The van der Waals surface area contributed by atoms with Crippen LogP contribution in [0.3, 0.4) is 0 Å². The van der Waals surface area contributed by atoms with Crippen LogP contribution in [0.5, 0.6) is 0 Å². The first-order chi connectivity index (χ1) is 11.1. The quantitative estimate of drug-likeness (QED) is 0.756. The number of sulfonamides is 1. The van der Waals surface area contributed by atoms with Gasteiger partial charge < -0.3 is 15.0 Å². The van der Waals surface area contributed by atoms with Crippen molar-refractivity contribution in [1.82, 2.24) is 14.5 Å². The summed E-state index contributed by atoms with van der Waals surface area (Å²) in [6, 6.07) is 0. The van der Waals surface area contributed by atoms with Gasteiger partial charge in [0.25, 0.3) is 0 Å². The summed E-state index contributed by atoms with van der Waals surface area (Å²) in [5.41, 5.74) is 0. The Kier molecular flexibility index (Phi) is 5.56. The molecule has 3 fully saturated rings. The van der Waals surface area contributed by atoms with Crippen LogP contribution in [-0.2, 0) is 19.6 Å². The second-order valence-electron chi connectivity index (χ2n) is 6.66. The van der Waals surface area contributed by atoms with Gasteiger partial charge in [0.1, 0.15) is 0 Å². The largest absolute Gasteiger partial charge is 0.380 e. The molecule has 2 atom stereocenters. The average Bonchev–Trinajstić information content (AvgIpc) is 2.62. The van der Waals surface area contributed by atoms with Crippen LogP contribution in [0.2, 0.25) is 0 Å². The van der Waals surface area contributed by atoms with Gasteiger partial charge in [0.15, 0.2) is 0 Å². The molecule has 3 heterocycles. The summed E-state index contributed by atoms with van der Waals surface area (Å²) in [5.74, 6) is -0.0765. The van der Waals surface area contributed by atoms with Gasteiger partial charge >= 0.3 is 0 Å². The van der Waals surface area contributed by atoms with E-state index >= 15 is 0 Å². The predicted molar refractivity (Wildman–Crippen MR) is 86.5 cm³/mol. The maximum absolute atomic E-state index is 12.8. The maximum Gasteiger partial charge on any atom is 0.227 e. The minimum atomic E-state index is -3.36. The standard InChI is InChI=1S/C15H27N3O4S/c19-15(17-8-5-16-6-9-17)13-3-1-7-18(11-13)23(20,21)14-4-2-10-22-12-14/h13-14,16H,1-12H2. The summed E-state index contributed by atoms with van der Waals surface area (Å²) in [6.07, 6.45) is 3.00. The Bertz CT molecular complexity index is 513. The SMILES string of the molecule is O=C(C1CCCN(S(=O)(=O)C2CCCOC2)C1)N1CCNCC1. The molecule has 3 saturated heterocycles. The molecule has 3 rings (SSSR count). The molecule has 23 heavy (non-hydrogen) atoms. The summed E-state index contributed by atoms with van der Waals surface area (Å²) in [5, 5.41) is 2.79. The Balaban J connectivity index is 1.64. The van der Waals surface area contributed by atoms with Gasteiger partial charge in [-0.15, -0.1) is 0 Å². The maximum atomic E-state index is 12.8. The fraction of sp³-hybridized carbons (Fsp3) is 0.933. The molecule has 3 aliphatic heterocycles. The number of hydrogen-bond donors (Lipinski definition) is 1. The van der Waals surface area contributed by atoms with Gasteiger partial charge in [-0.05, 0) is 25.7 Å². The van der Waals surface area contributed by atoms with Crippen LogP contribution >= 0.6 is 0 Å². The van der Waals surface area contributed by atoms with Gasteiger partial charge in [-0.1, -0.05) is 0 Å². The van der Waals surface area contributed by atoms with Crippen LogP contribution < -0.4 is 5.32 Å². The highest BCUT2D eigenvalue weighted by Gasteiger charge is 2.38. The van der Waals surface area contributed by atoms with E-state index < -0.39 is 15.3 Å². The molecule has 1 N–H and O–H groups in total. The second kappa shape index (κ2) is 7.46. The van der Waals surface area contributed by atoms with Crippen molar-refractivity contribution in [1.29, 1.82) is 0 Å². The minimum Gasteiger partial charge on any atom is -0.380 e. The number of rotatable bonds is 3. The molecular weight excluding hydrogens is 318 g/mol. The zero-order chi connectivity index (χ0) is 16.3. The third-order valence-corrected chi connectivity index (χ3v) is 7.33. The average molecular weight is 345 g/mol. The molecule has 0 saturated carbocycles. The van der Waals surface area contributed by atoms with E-state index in [1.165, 1.54) is 0 Å². The van der Waals surface area contributed by atoms with Gasteiger partial charge in [0.2, 0.25) is 15.9 Å². The topological polar surface area (TPSA) is 79.0 Å². The molecule has 0 aromatic heterocycles. The van der Waals surface area contributed by atoms with E-state index in [1.54, 1.807) is 4.31 Å². The van der Waals surface area contributed by atoms with Crippen LogP contribution in [0.15, 0.2) is 0 Å². The van der Waals surface area contributed by atoms with Crippen molar-refractivity contribution in [3.05, 3.63) is 0 Å². The molecule has 132 valence electrons. The van der Waals surface area contributed by atoms with Crippen molar-refractivity contribution < 1.29 is 17.9 Å². The third-order valence-electron chi connectivity index (χ3n) is 5.06. The number of nitrogens with one attached hydrogen (secondary N) is 1. The molecule has 7 nitrogen and oxygen atoms in total. The Labute approximate surface area is 138 Å². The molecule has 0 spiro atoms. The van der Waals surface area contributed by atoms with Crippen molar-refractivity contribution >= 4 is 15.9 Å². The molecule has 0 aromatic carbocycles. The lowest BCUT2D eigenvalue weighted by atomic mass is 9.98. The van der Waals surface area contributed by atoms with E-state index in [0.717, 1.165) is 45.4 Å². The Hall–Kier alpha value is -0.700. The molecule has 1 amide bonds. The van der Waals surface area contributed by atoms with E-state index in [9.17, 15) is 13.2 Å². The van der Waals surface area contributed by atoms with E-state index in [2.05, 4.69) is 5.32 Å². The summed E-state index contributed by atoms with van der Waals surface area (Å²) in [7, 11) is -3.36. The molecule has 2 unspecified atom stereocenters. The number of piperazine rings is 1. The fourth-order valence-corrected chi connectivity index (χ4v) is 5.60. The van der Waals surface area contributed by atoms with Crippen molar-refractivity contribution in [2.24, 2.45) is 5.92 Å². The first-order valence-corrected chi connectivity index (χ1v) is 10.2. The van der Waals surface area contributed by atoms with Crippen molar-refractivity contribution in [2.45, 2.75) is 30.9 Å². The Morgan fingerprint density at radius 1 is 1.09 bits per heavy atom. The molecule has 0 aromatic rings. The van der Waals surface area contributed by atoms with E-state index in [-0.39, 0.29) is 18.4 Å². The molecule has 3 aliphatic rings. The second-order valence-corrected chi connectivity index (χ2v) is 8.87. The number of amides is 1. The van der Waals surface area contributed by atoms with Gasteiger partial charge in [-0.25, -0.2) is 12.7 Å².